The molecule has 8 heteroatoms. The Labute approximate surface area is 185 Å². The molecule has 3 aromatic rings. The first kappa shape index (κ1) is 21.0. The number of likely N-dealkylation sites (N-methyl/N-ethyl adjacent to an activating group) is 1. The van der Waals surface area contributed by atoms with Crippen LogP contribution in [0.1, 0.15) is 28.7 Å². The van der Waals surface area contributed by atoms with Gasteiger partial charge in [-0.15, -0.1) is 11.3 Å². The van der Waals surface area contributed by atoms with Crippen molar-refractivity contribution in [2.24, 2.45) is 0 Å². The van der Waals surface area contributed by atoms with E-state index in [2.05, 4.69) is 28.2 Å². The van der Waals surface area contributed by atoms with Gasteiger partial charge in [-0.3, -0.25) is 9.59 Å². The van der Waals surface area contributed by atoms with Crippen molar-refractivity contribution in [3.05, 3.63) is 64.8 Å². The number of thiophene rings is 1. The van der Waals surface area contributed by atoms with Crippen molar-refractivity contribution in [3.8, 4) is 10.4 Å². The lowest BCUT2D eigenvalue weighted by Crippen LogP contribution is -2.59. The standard InChI is InChI=1S/C23H25N5O2S/c1-3-27-10-11-28(21(29)18-13-15(2)25-23(24)26-18)19(22(27)30)14-16-6-8-17(9-7-16)20-5-4-12-31-20/h4-9,12-13,19H,3,10-11,14H2,1-2H3,(H2,24,25,26). The molecule has 0 bridgehead atoms. The summed E-state index contributed by atoms with van der Waals surface area (Å²) in [4.78, 5) is 39.2. The Balaban J connectivity index is 1.60. The molecule has 1 atom stereocenters. The summed E-state index contributed by atoms with van der Waals surface area (Å²) in [6.45, 7) is 5.31. The van der Waals surface area contributed by atoms with Gasteiger partial charge in [-0.05, 0) is 42.5 Å². The summed E-state index contributed by atoms with van der Waals surface area (Å²) in [7, 11) is 0. The van der Waals surface area contributed by atoms with Gasteiger partial charge in [0.15, 0.2) is 0 Å². The maximum Gasteiger partial charge on any atom is 0.273 e. The molecule has 2 N–H and O–H groups in total. The fraction of sp³-hybridized carbons (Fsp3) is 0.304. The van der Waals surface area contributed by atoms with Gasteiger partial charge in [0.25, 0.3) is 5.91 Å². The lowest BCUT2D eigenvalue weighted by Gasteiger charge is -2.40. The van der Waals surface area contributed by atoms with Crippen LogP contribution in [0.3, 0.4) is 0 Å². The predicted octanol–water partition coefficient (Wildman–Crippen LogP) is 3.01. The lowest BCUT2D eigenvalue weighted by molar-refractivity contribution is -0.139. The first-order chi connectivity index (χ1) is 15.0. The van der Waals surface area contributed by atoms with E-state index in [4.69, 9.17) is 5.73 Å². The molecule has 2 amide bonds. The number of nitrogens with zero attached hydrogens (tertiary/aromatic N) is 4. The average molecular weight is 436 g/mol. The zero-order valence-corrected chi connectivity index (χ0v) is 18.4. The number of benzene rings is 1. The lowest BCUT2D eigenvalue weighted by atomic mass is 9.99. The van der Waals surface area contributed by atoms with Gasteiger partial charge < -0.3 is 15.5 Å². The van der Waals surface area contributed by atoms with E-state index < -0.39 is 6.04 Å². The second-order valence-electron chi connectivity index (χ2n) is 7.56. The zero-order valence-electron chi connectivity index (χ0n) is 17.6. The van der Waals surface area contributed by atoms with Crippen molar-refractivity contribution in [3.63, 3.8) is 0 Å². The summed E-state index contributed by atoms with van der Waals surface area (Å²) >= 11 is 1.69. The smallest absolute Gasteiger partial charge is 0.273 e. The van der Waals surface area contributed by atoms with Gasteiger partial charge in [-0.25, -0.2) is 9.97 Å². The minimum absolute atomic E-state index is 0.0387. The summed E-state index contributed by atoms with van der Waals surface area (Å²) in [6.07, 6.45) is 0.450. The van der Waals surface area contributed by atoms with Crippen molar-refractivity contribution in [2.45, 2.75) is 26.3 Å². The van der Waals surface area contributed by atoms with E-state index in [0.717, 1.165) is 11.1 Å². The summed E-state index contributed by atoms with van der Waals surface area (Å²) in [5.74, 6) is -0.271. The van der Waals surface area contributed by atoms with Gasteiger partial charge in [0.05, 0.1) is 0 Å². The topological polar surface area (TPSA) is 92.4 Å². The molecule has 0 saturated carbocycles. The molecule has 3 heterocycles. The largest absolute Gasteiger partial charge is 0.368 e. The molecule has 0 aliphatic carbocycles. The molecule has 1 unspecified atom stereocenters. The summed E-state index contributed by atoms with van der Waals surface area (Å²) < 4.78 is 0. The zero-order chi connectivity index (χ0) is 22.0. The first-order valence-corrected chi connectivity index (χ1v) is 11.2. The van der Waals surface area contributed by atoms with E-state index in [-0.39, 0.29) is 23.5 Å². The predicted molar refractivity (Wildman–Crippen MR) is 122 cm³/mol. The van der Waals surface area contributed by atoms with Gasteiger partial charge in [-0.1, -0.05) is 30.3 Å². The highest BCUT2D eigenvalue weighted by molar-refractivity contribution is 7.13. The van der Waals surface area contributed by atoms with Crippen molar-refractivity contribution < 1.29 is 9.59 Å². The van der Waals surface area contributed by atoms with Crippen LogP contribution in [-0.4, -0.2) is 57.3 Å². The third kappa shape index (κ3) is 4.44. The van der Waals surface area contributed by atoms with Crippen LogP contribution in [0.5, 0.6) is 0 Å². The Hall–Kier alpha value is -3.26. The van der Waals surface area contributed by atoms with Crippen LogP contribution >= 0.6 is 11.3 Å². The fourth-order valence-electron chi connectivity index (χ4n) is 3.91. The first-order valence-electron chi connectivity index (χ1n) is 10.3. The molecule has 1 aromatic carbocycles. The Morgan fingerprint density at radius 3 is 2.61 bits per heavy atom. The van der Waals surface area contributed by atoms with E-state index in [1.54, 1.807) is 34.1 Å². The third-order valence-electron chi connectivity index (χ3n) is 5.51. The maximum atomic E-state index is 13.3. The SMILES string of the molecule is CCN1CCN(C(=O)c2cc(C)nc(N)n2)C(Cc2ccc(-c3cccs3)cc2)C1=O. The molecule has 1 aliphatic rings. The molecule has 7 nitrogen and oxygen atoms in total. The van der Waals surface area contributed by atoms with E-state index in [1.807, 2.05) is 30.5 Å². The minimum atomic E-state index is -0.578. The van der Waals surface area contributed by atoms with Gasteiger partial charge in [0, 0.05) is 36.6 Å². The van der Waals surface area contributed by atoms with Crippen molar-refractivity contribution >= 4 is 29.1 Å². The number of rotatable bonds is 5. The number of hydrogen-bond acceptors (Lipinski definition) is 6. The Bertz CT molecular complexity index is 1060. The van der Waals surface area contributed by atoms with Crippen LogP contribution in [0.25, 0.3) is 10.4 Å². The number of aryl methyl sites for hydroxylation is 1. The summed E-state index contributed by atoms with van der Waals surface area (Å²) in [5, 5.41) is 2.05. The number of nitrogens with two attached hydrogens (primary N) is 1. The van der Waals surface area contributed by atoms with Crippen molar-refractivity contribution in [1.29, 1.82) is 0 Å². The molecule has 31 heavy (non-hydrogen) atoms. The average Bonchev–Trinajstić information content (AvgIpc) is 3.29. The maximum absolute atomic E-state index is 13.3. The quantitative estimate of drug-likeness (QED) is 0.665. The Morgan fingerprint density at radius 1 is 1.19 bits per heavy atom. The number of amides is 2. The molecule has 160 valence electrons. The minimum Gasteiger partial charge on any atom is -0.368 e. The van der Waals surface area contributed by atoms with Crippen LogP contribution < -0.4 is 5.73 Å². The number of aromatic nitrogens is 2. The monoisotopic (exact) mass is 435 g/mol. The molecule has 1 aliphatic heterocycles. The van der Waals surface area contributed by atoms with Crippen LogP contribution in [0.15, 0.2) is 47.8 Å². The van der Waals surface area contributed by atoms with Crippen LogP contribution in [0, 0.1) is 6.92 Å². The molecule has 1 fully saturated rings. The highest BCUT2D eigenvalue weighted by Crippen LogP contribution is 2.26. The van der Waals surface area contributed by atoms with E-state index in [1.165, 1.54) is 4.88 Å². The highest BCUT2D eigenvalue weighted by Gasteiger charge is 2.37. The molecule has 1 saturated heterocycles. The van der Waals surface area contributed by atoms with E-state index in [0.29, 0.717) is 31.7 Å². The van der Waals surface area contributed by atoms with E-state index >= 15 is 0 Å². The van der Waals surface area contributed by atoms with Crippen molar-refractivity contribution in [1.82, 2.24) is 19.8 Å². The number of carbonyl (C=O) groups excluding carboxylic acids is 2. The number of hydrogen-bond donors (Lipinski definition) is 1. The number of piperazine rings is 1. The van der Waals surface area contributed by atoms with Gasteiger partial charge in [0.1, 0.15) is 11.7 Å². The molecule has 2 aromatic heterocycles. The van der Waals surface area contributed by atoms with E-state index in [9.17, 15) is 9.59 Å². The highest BCUT2D eigenvalue weighted by atomic mass is 32.1. The second-order valence-corrected chi connectivity index (χ2v) is 8.51. The van der Waals surface area contributed by atoms with Gasteiger partial charge >= 0.3 is 0 Å². The normalized spacial score (nSPS) is 16.6. The Kier molecular flexibility index (Phi) is 5.99. The van der Waals surface area contributed by atoms with Gasteiger partial charge in [0.2, 0.25) is 11.9 Å². The second kappa shape index (κ2) is 8.85. The summed E-state index contributed by atoms with van der Waals surface area (Å²) in [5.41, 5.74) is 8.74. The summed E-state index contributed by atoms with van der Waals surface area (Å²) in [6, 6.07) is 13.3. The molecule has 0 radical (unpaired) electrons. The molecule has 4 rings (SSSR count). The van der Waals surface area contributed by atoms with Crippen LogP contribution in [0.2, 0.25) is 0 Å². The van der Waals surface area contributed by atoms with Crippen LogP contribution in [-0.2, 0) is 11.2 Å². The Morgan fingerprint density at radius 2 is 1.97 bits per heavy atom. The molecule has 0 spiro atoms. The number of anilines is 1. The number of nitrogen functional groups attached to an aromatic ring is 1. The van der Waals surface area contributed by atoms with Crippen molar-refractivity contribution in [2.75, 3.05) is 25.4 Å². The fourth-order valence-corrected chi connectivity index (χ4v) is 4.65. The van der Waals surface area contributed by atoms with Gasteiger partial charge in [-0.2, -0.15) is 0 Å². The number of carbonyl (C=O) groups is 2. The molecular weight excluding hydrogens is 410 g/mol. The third-order valence-corrected chi connectivity index (χ3v) is 6.42. The van der Waals surface area contributed by atoms with Crippen LogP contribution in [0.4, 0.5) is 5.95 Å². The molecular formula is C23H25N5O2S.